The predicted octanol–water partition coefficient (Wildman–Crippen LogP) is 3.95. The molecule has 0 aliphatic rings. The van der Waals surface area contributed by atoms with Gasteiger partial charge >= 0.3 is 0 Å². The largest absolute Gasteiger partial charge is 0.493 e. The van der Waals surface area contributed by atoms with Crippen LogP contribution in [0.15, 0.2) is 41.0 Å². The van der Waals surface area contributed by atoms with Crippen LogP contribution in [-0.2, 0) is 0 Å². The summed E-state index contributed by atoms with van der Waals surface area (Å²) in [4.78, 5) is 4.21. The van der Waals surface area contributed by atoms with Crippen LogP contribution >= 0.6 is 15.9 Å². The third-order valence-corrected chi connectivity index (χ3v) is 2.66. The second-order valence-electron chi connectivity index (χ2n) is 3.55. The van der Waals surface area contributed by atoms with Crippen LogP contribution in [0.25, 0.3) is 0 Å². The maximum Gasteiger partial charge on any atom is 0.220 e. The number of aromatic nitrogens is 1. The molecule has 0 N–H and O–H groups in total. The molecule has 17 heavy (non-hydrogen) atoms. The first-order valence-corrected chi connectivity index (χ1v) is 5.93. The fourth-order valence-corrected chi connectivity index (χ4v) is 1.75. The number of rotatable bonds is 3. The van der Waals surface area contributed by atoms with Gasteiger partial charge in [0, 0.05) is 6.07 Å². The maximum absolute atomic E-state index is 5.67. The average molecular weight is 294 g/mol. The number of halogens is 1. The predicted molar refractivity (Wildman–Crippen MR) is 69.7 cm³/mol. The van der Waals surface area contributed by atoms with Gasteiger partial charge in [-0.15, -0.1) is 0 Å². The molecule has 2 rings (SSSR count). The topological polar surface area (TPSA) is 31.4 Å². The molecule has 0 atom stereocenters. The second-order valence-corrected chi connectivity index (χ2v) is 4.37. The van der Waals surface area contributed by atoms with Crippen LogP contribution in [-0.4, -0.2) is 12.1 Å². The van der Waals surface area contributed by atoms with Crippen molar-refractivity contribution in [1.82, 2.24) is 4.98 Å². The summed E-state index contributed by atoms with van der Waals surface area (Å²) >= 11 is 3.30. The highest BCUT2D eigenvalue weighted by Crippen LogP contribution is 2.31. The van der Waals surface area contributed by atoms with E-state index in [1.807, 2.05) is 37.3 Å². The molecule has 0 bridgehead atoms. The minimum absolute atomic E-state index is 0.529. The molecule has 0 radical (unpaired) electrons. The molecule has 0 spiro atoms. The van der Waals surface area contributed by atoms with Crippen molar-refractivity contribution < 1.29 is 9.47 Å². The Labute approximate surface area is 109 Å². The van der Waals surface area contributed by atoms with Crippen LogP contribution in [0.4, 0.5) is 0 Å². The Morgan fingerprint density at radius 1 is 1.12 bits per heavy atom. The van der Waals surface area contributed by atoms with Crippen molar-refractivity contribution in [3.8, 4) is 17.4 Å². The van der Waals surface area contributed by atoms with Crippen molar-refractivity contribution in [2.24, 2.45) is 0 Å². The summed E-state index contributed by atoms with van der Waals surface area (Å²) in [7, 11) is 1.62. The molecule has 4 heteroatoms. The molecular formula is C13H12BrNO2. The van der Waals surface area contributed by atoms with Crippen LogP contribution in [0.2, 0.25) is 0 Å². The van der Waals surface area contributed by atoms with Crippen LogP contribution in [0.5, 0.6) is 17.4 Å². The van der Waals surface area contributed by atoms with E-state index in [2.05, 4.69) is 20.9 Å². The number of hydrogen-bond acceptors (Lipinski definition) is 3. The summed E-state index contributed by atoms with van der Waals surface area (Å²) in [6.07, 6.45) is 0. The SMILES string of the molecule is COc1cc(C)ccc1Oc1cccc(Br)n1. The summed E-state index contributed by atoms with van der Waals surface area (Å²) in [5.41, 5.74) is 1.12. The zero-order valence-electron chi connectivity index (χ0n) is 9.61. The summed E-state index contributed by atoms with van der Waals surface area (Å²) < 4.78 is 11.7. The number of pyridine rings is 1. The van der Waals surface area contributed by atoms with Gasteiger partial charge in [-0.05, 0) is 46.6 Å². The zero-order valence-corrected chi connectivity index (χ0v) is 11.2. The van der Waals surface area contributed by atoms with E-state index >= 15 is 0 Å². The van der Waals surface area contributed by atoms with E-state index in [0.717, 1.165) is 10.2 Å². The van der Waals surface area contributed by atoms with Crippen molar-refractivity contribution in [2.45, 2.75) is 6.92 Å². The lowest BCUT2D eigenvalue weighted by Gasteiger charge is -2.10. The first-order valence-electron chi connectivity index (χ1n) is 5.14. The van der Waals surface area contributed by atoms with E-state index in [1.54, 1.807) is 13.2 Å². The second kappa shape index (κ2) is 5.19. The maximum atomic E-state index is 5.67. The first-order chi connectivity index (χ1) is 8.19. The monoisotopic (exact) mass is 293 g/mol. The van der Waals surface area contributed by atoms with Gasteiger partial charge in [0.25, 0.3) is 0 Å². The van der Waals surface area contributed by atoms with Crippen molar-refractivity contribution in [2.75, 3.05) is 7.11 Å². The van der Waals surface area contributed by atoms with E-state index < -0.39 is 0 Å². The molecule has 0 saturated heterocycles. The number of methoxy groups -OCH3 is 1. The van der Waals surface area contributed by atoms with E-state index in [1.165, 1.54) is 0 Å². The number of ether oxygens (including phenoxy) is 2. The molecule has 0 unspecified atom stereocenters. The third kappa shape index (κ3) is 2.97. The first kappa shape index (κ1) is 11.9. The van der Waals surface area contributed by atoms with Gasteiger partial charge in [-0.2, -0.15) is 0 Å². The average Bonchev–Trinajstić information content (AvgIpc) is 2.31. The Kier molecular flexibility index (Phi) is 3.64. The number of aryl methyl sites for hydroxylation is 1. The molecule has 0 saturated carbocycles. The lowest BCUT2D eigenvalue weighted by molar-refractivity contribution is 0.373. The third-order valence-electron chi connectivity index (χ3n) is 2.22. The number of nitrogens with zero attached hydrogens (tertiary/aromatic N) is 1. The Morgan fingerprint density at radius 3 is 2.65 bits per heavy atom. The lowest BCUT2D eigenvalue weighted by atomic mass is 10.2. The quantitative estimate of drug-likeness (QED) is 0.803. The molecule has 0 aliphatic carbocycles. The highest BCUT2D eigenvalue weighted by molar-refractivity contribution is 9.10. The Hall–Kier alpha value is -1.55. The molecule has 3 nitrogen and oxygen atoms in total. The standard InChI is InChI=1S/C13H12BrNO2/c1-9-6-7-10(11(8-9)16-2)17-13-5-3-4-12(14)15-13/h3-8H,1-2H3. The number of hydrogen-bond donors (Lipinski definition) is 0. The lowest BCUT2D eigenvalue weighted by Crippen LogP contribution is -1.92. The van der Waals surface area contributed by atoms with Gasteiger partial charge in [-0.25, -0.2) is 4.98 Å². The van der Waals surface area contributed by atoms with Crippen molar-refractivity contribution >= 4 is 15.9 Å². The molecule has 1 aromatic heterocycles. The minimum atomic E-state index is 0.529. The Bertz CT molecular complexity index is 529. The van der Waals surface area contributed by atoms with Crippen LogP contribution in [0.3, 0.4) is 0 Å². The Morgan fingerprint density at radius 2 is 1.94 bits per heavy atom. The molecule has 1 aromatic carbocycles. The fraction of sp³-hybridized carbons (Fsp3) is 0.154. The van der Waals surface area contributed by atoms with Gasteiger partial charge < -0.3 is 9.47 Å². The molecule has 0 amide bonds. The normalized spacial score (nSPS) is 10.1. The van der Waals surface area contributed by atoms with E-state index in [0.29, 0.717) is 17.4 Å². The summed E-state index contributed by atoms with van der Waals surface area (Å²) in [5, 5.41) is 0. The number of benzene rings is 1. The van der Waals surface area contributed by atoms with Crippen LogP contribution < -0.4 is 9.47 Å². The van der Waals surface area contributed by atoms with E-state index in [9.17, 15) is 0 Å². The smallest absolute Gasteiger partial charge is 0.220 e. The molecular weight excluding hydrogens is 282 g/mol. The van der Waals surface area contributed by atoms with Crippen LogP contribution in [0, 0.1) is 6.92 Å². The summed E-state index contributed by atoms with van der Waals surface area (Å²) in [6.45, 7) is 2.00. The highest BCUT2D eigenvalue weighted by atomic mass is 79.9. The zero-order chi connectivity index (χ0) is 12.3. The van der Waals surface area contributed by atoms with E-state index in [-0.39, 0.29) is 0 Å². The van der Waals surface area contributed by atoms with Crippen molar-refractivity contribution in [3.63, 3.8) is 0 Å². The van der Waals surface area contributed by atoms with Gasteiger partial charge in [0.1, 0.15) is 4.60 Å². The highest BCUT2D eigenvalue weighted by Gasteiger charge is 2.06. The van der Waals surface area contributed by atoms with Gasteiger partial charge in [0.2, 0.25) is 5.88 Å². The van der Waals surface area contributed by atoms with Gasteiger partial charge in [-0.1, -0.05) is 12.1 Å². The molecule has 0 aliphatic heterocycles. The molecule has 1 heterocycles. The summed E-state index contributed by atoms with van der Waals surface area (Å²) in [5.74, 6) is 1.89. The van der Waals surface area contributed by atoms with E-state index in [4.69, 9.17) is 9.47 Å². The van der Waals surface area contributed by atoms with Crippen LogP contribution in [0.1, 0.15) is 5.56 Å². The fourth-order valence-electron chi connectivity index (χ4n) is 1.42. The Balaban J connectivity index is 2.29. The van der Waals surface area contributed by atoms with Gasteiger partial charge in [0.15, 0.2) is 11.5 Å². The molecule has 0 fully saturated rings. The van der Waals surface area contributed by atoms with Gasteiger partial charge in [0.05, 0.1) is 7.11 Å². The van der Waals surface area contributed by atoms with Crippen molar-refractivity contribution in [1.29, 1.82) is 0 Å². The molecule has 88 valence electrons. The summed E-state index contributed by atoms with van der Waals surface area (Å²) in [6, 6.07) is 11.3. The van der Waals surface area contributed by atoms with Gasteiger partial charge in [-0.3, -0.25) is 0 Å². The minimum Gasteiger partial charge on any atom is -0.493 e. The molecule has 2 aromatic rings. The van der Waals surface area contributed by atoms with Crippen molar-refractivity contribution in [3.05, 3.63) is 46.6 Å².